The van der Waals surface area contributed by atoms with E-state index in [0.29, 0.717) is 5.88 Å². The van der Waals surface area contributed by atoms with Gasteiger partial charge in [0, 0.05) is 21.7 Å². The molecule has 0 fully saturated rings. The fourth-order valence-corrected chi connectivity index (χ4v) is 4.18. The second kappa shape index (κ2) is 6.18. The smallest absolute Gasteiger partial charge is 0.111 e. The summed E-state index contributed by atoms with van der Waals surface area (Å²) in [6.45, 7) is 0.829. The first-order chi connectivity index (χ1) is 9.67. The average Bonchev–Trinajstić information content (AvgIpc) is 2.96. The lowest BCUT2D eigenvalue weighted by Gasteiger charge is -2.07. The number of hydrogen-bond donors (Lipinski definition) is 0. The molecule has 0 amide bonds. The minimum absolute atomic E-state index is 0.582. The molecule has 0 aliphatic heterocycles. The van der Waals surface area contributed by atoms with Crippen molar-refractivity contribution in [1.29, 1.82) is 0 Å². The molecule has 3 aromatic rings. The first-order valence-electron chi connectivity index (χ1n) is 6.12. The number of fused-ring (bicyclic) bond motifs is 1. The number of aromatic nitrogens is 2. The first-order valence-corrected chi connectivity index (χ1v) is 9.06. The van der Waals surface area contributed by atoms with Crippen molar-refractivity contribution in [1.82, 2.24) is 9.55 Å². The van der Waals surface area contributed by atoms with Gasteiger partial charge in [-0.1, -0.05) is 15.9 Å². The van der Waals surface area contributed by atoms with Gasteiger partial charge in [-0.2, -0.15) is 0 Å². The average molecular weight is 435 g/mol. The molecule has 6 heteroatoms. The summed E-state index contributed by atoms with van der Waals surface area (Å²) in [6, 6.07) is 10.4. The van der Waals surface area contributed by atoms with Crippen molar-refractivity contribution in [3.63, 3.8) is 0 Å². The lowest BCUT2D eigenvalue weighted by molar-refractivity contribution is 0.763. The van der Waals surface area contributed by atoms with Crippen molar-refractivity contribution in [2.75, 3.05) is 5.88 Å². The van der Waals surface area contributed by atoms with Crippen LogP contribution < -0.4 is 0 Å². The predicted molar refractivity (Wildman–Crippen MR) is 93.0 cm³/mol. The second-order valence-electron chi connectivity index (χ2n) is 4.39. The Bertz CT molecular complexity index is 751. The van der Waals surface area contributed by atoms with Crippen LogP contribution >= 0.6 is 54.8 Å². The third-order valence-corrected chi connectivity index (χ3v) is 5.34. The summed E-state index contributed by atoms with van der Waals surface area (Å²) < 4.78 is 4.47. The third-order valence-electron chi connectivity index (χ3n) is 3.05. The summed E-state index contributed by atoms with van der Waals surface area (Å²) in [5.41, 5.74) is 2.16. The van der Waals surface area contributed by atoms with Crippen molar-refractivity contribution in [3.05, 3.63) is 49.3 Å². The van der Waals surface area contributed by atoms with Gasteiger partial charge in [-0.3, -0.25) is 0 Å². The molecule has 0 unspecified atom stereocenters. The normalized spacial score (nSPS) is 11.3. The van der Waals surface area contributed by atoms with Gasteiger partial charge in [-0.15, -0.1) is 22.9 Å². The maximum absolute atomic E-state index is 5.91. The molecule has 20 heavy (non-hydrogen) atoms. The van der Waals surface area contributed by atoms with E-state index >= 15 is 0 Å². The van der Waals surface area contributed by atoms with Gasteiger partial charge in [0.05, 0.1) is 21.4 Å². The van der Waals surface area contributed by atoms with Crippen LogP contribution in [0.15, 0.2) is 38.6 Å². The number of nitrogens with zero attached hydrogens (tertiary/aromatic N) is 2. The number of rotatable bonds is 4. The monoisotopic (exact) mass is 432 g/mol. The Morgan fingerprint density at radius 3 is 2.75 bits per heavy atom. The molecule has 0 saturated heterocycles. The Kier molecular flexibility index (Phi) is 4.50. The van der Waals surface area contributed by atoms with Crippen molar-refractivity contribution in [3.8, 4) is 0 Å². The molecule has 0 saturated carbocycles. The molecule has 0 spiro atoms. The molecule has 0 aliphatic carbocycles. The summed E-state index contributed by atoms with van der Waals surface area (Å²) in [4.78, 5) is 6.00. The lowest BCUT2D eigenvalue weighted by Crippen LogP contribution is -2.04. The Morgan fingerprint density at radius 2 is 2.05 bits per heavy atom. The molecule has 2 nitrogen and oxygen atoms in total. The zero-order valence-electron chi connectivity index (χ0n) is 10.4. The SMILES string of the molecule is ClCCc1nc2ccc(Br)cc2n1Cc1ccc(Br)s1. The summed E-state index contributed by atoms with van der Waals surface area (Å²) in [7, 11) is 0. The van der Waals surface area contributed by atoms with Crippen LogP contribution in [0.4, 0.5) is 0 Å². The number of halogens is 3. The molecular weight excluding hydrogens is 423 g/mol. The highest BCUT2D eigenvalue weighted by Gasteiger charge is 2.12. The van der Waals surface area contributed by atoms with Crippen LogP contribution in [0.1, 0.15) is 10.7 Å². The van der Waals surface area contributed by atoms with Crippen LogP contribution in [0.5, 0.6) is 0 Å². The molecule has 1 aromatic carbocycles. The molecule has 0 N–H and O–H groups in total. The van der Waals surface area contributed by atoms with E-state index in [9.17, 15) is 0 Å². The predicted octanol–water partition coefficient (Wildman–Crippen LogP) is 5.45. The number of thiophene rings is 1. The summed E-state index contributed by atoms with van der Waals surface area (Å²) in [5, 5.41) is 0. The molecule has 104 valence electrons. The van der Waals surface area contributed by atoms with Crippen molar-refractivity contribution < 1.29 is 0 Å². The van der Waals surface area contributed by atoms with Crippen LogP contribution in [0.2, 0.25) is 0 Å². The van der Waals surface area contributed by atoms with E-state index in [2.05, 4.69) is 54.6 Å². The molecule has 0 radical (unpaired) electrons. The van der Waals surface area contributed by atoms with Gasteiger partial charge in [-0.25, -0.2) is 4.98 Å². The Labute approximate surface area is 143 Å². The molecule has 3 rings (SSSR count). The van der Waals surface area contributed by atoms with E-state index in [0.717, 1.165) is 38.1 Å². The van der Waals surface area contributed by atoms with Crippen LogP contribution in [0, 0.1) is 0 Å². The van der Waals surface area contributed by atoms with Crippen LogP contribution in [-0.4, -0.2) is 15.4 Å². The van der Waals surface area contributed by atoms with Gasteiger partial charge in [0.2, 0.25) is 0 Å². The van der Waals surface area contributed by atoms with Crippen LogP contribution in [0.25, 0.3) is 11.0 Å². The minimum Gasteiger partial charge on any atom is -0.323 e. The van der Waals surface area contributed by atoms with E-state index in [-0.39, 0.29) is 0 Å². The number of hydrogen-bond acceptors (Lipinski definition) is 2. The fraction of sp³-hybridized carbons (Fsp3) is 0.214. The van der Waals surface area contributed by atoms with Crippen molar-refractivity contribution >= 4 is 65.8 Å². The Morgan fingerprint density at radius 1 is 1.20 bits per heavy atom. The largest absolute Gasteiger partial charge is 0.323 e. The van der Waals surface area contributed by atoms with E-state index < -0.39 is 0 Å². The zero-order valence-corrected chi connectivity index (χ0v) is 15.2. The minimum atomic E-state index is 0.582. The number of benzene rings is 1. The Balaban J connectivity index is 2.09. The number of imidazole rings is 1. The van der Waals surface area contributed by atoms with Gasteiger partial charge in [-0.05, 0) is 46.3 Å². The summed E-state index contributed by atoms with van der Waals surface area (Å²) >= 11 is 14.7. The highest BCUT2D eigenvalue weighted by Crippen LogP contribution is 2.26. The van der Waals surface area contributed by atoms with Gasteiger partial charge in [0.25, 0.3) is 0 Å². The standard InChI is InChI=1S/C14H11Br2ClN2S/c15-9-1-3-11-12(7-9)19(14(18-11)5-6-17)8-10-2-4-13(16)20-10/h1-4,7H,5-6,8H2. The fourth-order valence-electron chi connectivity index (χ4n) is 2.19. The van der Waals surface area contributed by atoms with Crippen LogP contribution in [0.3, 0.4) is 0 Å². The maximum Gasteiger partial charge on any atom is 0.111 e. The molecular formula is C14H11Br2ClN2S. The maximum atomic E-state index is 5.91. The topological polar surface area (TPSA) is 17.8 Å². The van der Waals surface area contributed by atoms with Gasteiger partial charge in [0.1, 0.15) is 5.82 Å². The summed E-state index contributed by atoms with van der Waals surface area (Å²) in [6.07, 6.45) is 0.778. The second-order valence-corrected chi connectivity index (χ2v) is 8.23. The third kappa shape index (κ3) is 2.96. The zero-order chi connectivity index (χ0) is 14.1. The molecule has 2 aromatic heterocycles. The molecule has 0 bridgehead atoms. The van der Waals surface area contributed by atoms with Crippen molar-refractivity contribution in [2.24, 2.45) is 0 Å². The molecule has 0 aliphatic rings. The number of aryl methyl sites for hydroxylation is 1. The highest BCUT2D eigenvalue weighted by molar-refractivity contribution is 9.11. The van der Waals surface area contributed by atoms with E-state index in [1.807, 2.05) is 12.1 Å². The van der Waals surface area contributed by atoms with Gasteiger partial charge < -0.3 is 4.57 Å². The lowest BCUT2D eigenvalue weighted by atomic mass is 10.3. The van der Waals surface area contributed by atoms with Gasteiger partial charge in [0.15, 0.2) is 0 Å². The van der Waals surface area contributed by atoms with E-state index in [4.69, 9.17) is 16.6 Å². The Hall–Kier alpha value is -0.360. The highest BCUT2D eigenvalue weighted by atomic mass is 79.9. The molecule has 0 atom stereocenters. The van der Waals surface area contributed by atoms with Crippen molar-refractivity contribution in [2.45, 2.75) is 13.0 Å². The van der Waals surface area contributed by atoms with Gasteiger partial charge >= 0.3 is 0 Å². The quantitative estimate of drug-likeness (QED) is 0.499. The molecule has 2 heterocycles. The first kappa shape index (κ1) is 14.6. The number of alkyl halides is 1. The summed E-state index contributed by atoms with van der Waals surface area (Å²) in [5.74, 6) is 1.62. The van der Waals surface area contributed by atoms with E-state index in [1.165, 1.54) is 4.88 Å². The van der Waals surface area contributed by atoms with E-state index in [1.54, 1.807) is 11.3 Å². The van der Waals surface area contributed by atoms with Crippen LogP contribution in [-0.2, 0) is 13.0 Å².